The van der Waals surface area contributed by atoms with E-state index in [2.05, 4.69) is 25.6 Å². The van der Waals surface area contributed by atoms with Crippen LogP contribution in [-0.2, 0) is 6.54 Å². The van der Waals surface area contributed by atoms with Gasteiger partial charge in [0.15, 0.2) is 0 Å². The van der Waals surface area contributed by atoms with Gasteiger partial charge >= 0.3 is 0 Å². The van der Waals surface area contributed by atoms with Crippen molar-refractivity contribution >= 4 is 22.8 Å². The average molecular weight is 234 g/mol. The molecule has 84 valence electrons. The van der Waals surface area contributed by atoms with E-state index in [1.807, 2.05) is 31.7 Å². The van der Waals surface area contributed by atoms with Crippen molar-refractivity contribution in [2.75, 3.05) is 24.3 Å². The van der Waals surface area contributed by atoms with Gasteiger partial charge in [0.2, 0.25) is 0 Å². The van der Waals surface area contributed by atoms with Gasteiger partial charge in [0.05, 0.1) is 17.7 Å². The maximum atomic E-state index is 4.27. The Hall–Kier alpha value is -1.62. The van der Waals surface area contributed by atoms with Crippen LogP contribution in [0.4, 0.5) is 11.5 Å². The Morgan fingerprint density at radius 1 is 1.44 bits per heavy atom. The highest BCUT2D eigenvalue weighted by atomic mass is 32.1. The van der Waals surface area contributed by atoms with E-state index >= 15 is 0 Å². The van der Waals surface area contributed by atoms with Crippen LogP contribution in [0.25, 0.3) is 0 Å². The Morgan fingerprint density at radius 3 is 3.00 bits per heavy atom. The van der Waals surface area contributed by atoms with E-state index in [-0.39, 0.29) is 0 Å². The summed E-state index contributed by atoms with van der Waals surface area (Å²) in [5, 5.41) is 5.10. The highest BCUT2D eigenvalue weighted by Gasteiger charge is 2.04. The SMILES string of the molecule is CNc1cc(N(C)Cc2cscn2)ccn1. The van der Waals surface area contributed by atoms with E-state index in [9.17, 15) is 0 Å². The van der Waals surface area contributed by atoms with Gasteiger partial charge < -0.3 is 10.2 Å². The average Bonchev–Trinajstić information content (AvgIpc) is 2.82. The number of rotatable bonds is 4. The summed E-state index contributed by atoms with van der Waals surface area (Å²) in [5.41, 5.74) is 4.08. The summed E-state index contributed by atoms with van der Waals surface area (Å²) in [5.74, 6) is 0.877. The van der Waals surface area contributed by atoms with Crippen molar-refractivity contribution < 1.29 is 0 Å². The van der Waals surface area contributed by atoms with Gasteiger partial charge in [-0.25, -0.2) is 9.97 Å². The Kier molecular flexibility index (Phi) is 3.36. The molecule has 0 saturated heterocycles. The summed E-state index contributed by atoms with van der Waals surface area (Å²) in [6.45, 7) is 0.816. The molecule has 0 spiro atoms. The van der Waals surface area contributed by atoms with Gasteiger partial charge in [0.25, 0.3) is 0 Å². The summed E-state index contributed by atoms with van der Waals surface area (Å²) in [4.78, 5) is 10.6. The van der Waals surface area contributed by atoms with Gasteiger partial charge in [0, 0.05) is 37.4 Å². The first-order chi connectivity index (χ1) is 7.79. The first kappa shape index (κ1) is 10.9. The van der Waals surface area contributed by atoms with Crippen molar-refractivity contribution in [2.24, 2.45) is 0 Å². The van der Waals surface area contributed by atoms with Crippen molar-refractivity contribution in [1.82, 2.24) is 9.97 Å². The molecule has 0 aromatic carbocycles. The largest absolute Gasteiger partial charge is 0.373 e. The molecule has 2 heterocycles. The van der Waals surface area contributed by atoms with Crippen molar-refractivity contribution in [3.63, 3.8) is 0 Å². The van der Waals surface area contributed by atoms with Crippen LogP contribution in [0.1, 0.15) is 5.69 Å². The Labute approximate surface area is 99.0 Å². The second-order valence-electron chi connectivity index (χ2n) is 3.49. The van der Waals surface area contributed by atoms with E-state index in [0.29, 0.717) is 0 Å². The summed E-state index contributed by atoms with van der Waals surface area (Å²) in [6, 6.07) is 4.01. The van der Waals surface area contributed by atoms with Crippen molar-refractivity contribution in [1.29, 1.82) is 0 Å². The Bertz CT molecular complexity index is 441. The quantitative estimate of drug-likeness (QED) is 0.880. The first-order valence-corrected chi connectivity index (χ1v) is 5.96. The van der Waals surface area contributed by atoms with Crippen LogP contribution in [0.5, 0.6) is 0 Å². The first-order valence-electron chi connectivity index (χ1n) is 5.01. The lowest BCUT2D eigenvalue weighted by Gasteiger charge is -2.18. The van der Waals surface area contributed by atoms with Crippen LogP contribution in [0.2, 0.25) is 0 Å². The molecule has 4 nitrogen and oxygen atoms in total. The molecule has 1 N–H and O–H groups in total. The molecule has 0 aliphatic heterocycles. The normalized spacial score (nSPS) is 10.1. The van der Waals surface area contributed by atoms with Gasteiger partial charge in [-0.3, -0.25) is 0 Å². The lowest BCUT2D eigenvalue weighted by Crippen LogP contribution is -2.16. The standard InChI is InChI=1S/C11H14N4S/c1-12-11-5-10(3-4-13-11)15(2)6-9-7-16-8-14-9/h3-5,7-8H,6H2,1-2H3,(H,12,13). The van der Waals surface area contributed by atoms with Gasteiger partial charge in [-0.05, 0) is 6.07 Å². The number of hydrogen-bond donors (Lipinski definition) is 1. The van der Waals surface area contributed by atoms with E-state index in [1.165, 1.54) is 0 Å². The number of anilines is 2. The number of aromatic nitrogens is 2. The zero-order chi connectivity index (χ0) is 11.4. The molecular weight excluding hydrogens is 220 g/mol. The molecule has 0 bridgehead atoms. The van der Waals surface area contributed by atoms with Crippen LogP contribution >= 0.6 is 11.3 Å². The molecular formula is C11H14N4S. The minimum atomic E-state index is 0.816. The van der Waals surface area contributed by atoms with Gasteiger partial charge in [0.1, 0.15) is 5.82 Å². The summed E-state index contributed by atoms with van der Waals surface area (Å²) in [6.07, 6.45) is 1.80. The zero-order valence-electron chi connectivity index (χ0n) is 9.34. The molecule has 0 amide bonds. The van der Waals surface area contributed by atoms with E-state index < -0.39 is 0 Å². The molecule has 0 fully saturated rings. The topological polar surface area (TPSA) is 41.0 Å². The molecule has 0 aliphatic carbocycles. The number of nitrogens with zero attached hydrogens (tertiary/aromatic N) is 3. The maximum absolute atomic E-state index is 4.27. The minimum absolute atomic E-state index is 0.816. The molecule has 0 unspecified atom stereocenters. The van der Waals surface area contributed by atoms with Crippen molar-refractivity contribution in [3.05, 3.63) is 34.9 Å². The molecule has 5 heteroatoms. The van der Waals surface area contributed by atoms with Crippen LogP contribution in [0.3, 0.4) is 0 Å². The van der Waals surface area contributed by atoms with E-state index in [4.69, 9.17) is 0 Å². The molecule has 2 rings (SSSR count). The fourth-order valence-corrected chi connectivity index (χ4v) is 1.99. The summed E-state index contributed by atoms with van der Waals surface area (Å²) < 4.78 is 0. The van der Waals surface area contributed by atoms with Gasteiger partial charge in [-0.2, -0.15) is 0 Å². The molecule has 16 heavy (non-hydrogen) atoms. The number of thiazole rings is 1. The predicted molar refractivity (Wildman–Crippen MR) is 68.0 cm³/mol. The highest BCUT2D eigenvalue weighted by molar-refractivity contribution is 7.07. The monoisotopic (exact) mass is 234 g/mol. The molecule has 0 atom stereocenters. The van der Waals surface area contributed by atoms with Crippen molar-refractivity contribution in [3.8, 4) is 0 Å². The second-order valence-corrected chi connectivity index (χ2v) is 4.20. The van der Waals surface area contributed by atoms with Crippen LogP contribution < -0.4 is 10.2 Å². The smallest absolute Gasteiger partial charge is 0.127 e. The minimum Gasteiger partial charge on any atom is -0.373 e. The highest BCUT2D eigenvalue weighted by Crippen LogP contribution is 2.17. The number of nitrogens with one attached hydrogen (secondary N) is 1. The van der Waals surface area contributed by atoms with Crippen LogP contribution in [0, 0.1) is 0 Å². The molecule has 0 saturated carbocycles. The van der Waals surface area contributed by atoms with E-state index in [1.54, 1.807) is 17.5 Å². The fraction of sp³-hybridized carbons (Fsp3) is 0.273. The third-order valence-electron chi connectivity index (χ3n) is 2.32. The Balaban J connectivity index is 2.11. The molecule has 0 aliphatic rings. The van der Waals surface area contributed by atoms with Gasteiger partial charge in [-0.1, -0.05) is 0 Å². The number of hydrogen-bond acceptors (Lipinski definition) is 5. The predicted octanol–water partition coefficient (Wildman–Crippen LogP) is 2.22. The second kappa shape index (κ2) is 4.94. The zero-order valence-corrected chi connectivity index (χ0v) is 10.2. The summed E-state index contributed by atoms with van der Waals surface area (Å²) >= 11 is 1.62. The van der Waals surface area contributed by atoms with E-state index in [0.717, 1.165) is 23.7 Å². The number of pyridine rings is 1. The van der Waals surface area contributed by atoms with Crippen molar-refractivity contribution in [2.45, 2.75) is 6.54 Å². The summed E-state index contributed by atoms with van der Waals surface area (Å²) in [7, 11) is 3.92. The van der Waals surface area contributed by atoms with Gasteiger partial charge in [-0.15, -0.1) is 11.3 Å². The molecule has 0 radical (unpaired) electrons. The fourth-order valence-electron chi connectivity index (χ4n) is 1.44. The molecule has 2 aromatic rings. The lowest BCUT2D eigenvalue weighted by atomic mass is 10.3. The lowest BCUT2D eigenvalue weighted by molar-refractivity contribution is 0.893. The third-order valence-corrected chi connectivity index (χ3v) is 2.96. The van der Waals surface area contributed by atoms with Crippen LogP contribution in [-0.4, -0.2) is 24.1 Å². The Morgan fingerprint density at radius 2 is 2.31 bits per heavy atom. The van der Waals surface area contributed by atoms with Crippen LogP contribution in [0.15, 0.2) is 29.2 Å². The third kappa shape index (κ3) is 2.49. The molecule has 2 aromatic heterocycles. The maximum Gasteiger partial charge on any atom is 0.127 e.